The summed E-state index contributed by atoms with van der Waals surface area (Å²) in [6.45, 7) is 8.30. The third-order valence-electron chi connectivity index (χ3n) is 8.12. The molecule has 0 heterocycles. The zero-order chi connectivity index (χ0) is 17.7. The maximum atomic E-state index is 11.6. The van der Waals surface area contributed by atoms with Gasteiger partial charge in [-0.1, -0.05) is 32.9 Å². The smallest absolute Gasteiger partial charge is 0.133 e. The molecule has 0 unspecified atom stereocenters. The highest BCUT2D eigenvalue weighted by Crippen LogP contribution is 2.72. The van der Waals surface area contributed by atoms with Crippen molar-refractivity contribution in [3.63, 3.8) is 0 Å². The van der Waals surface area contributed by atoms with Crippen molar-refractivity contribution >= 4 is 0 Å². The summed E-state index contributed by atoms with van der Waals surface area (Å²) in [6.07, 6.45) is 3.43. The number of hydrogen-bond acceptors (Lipinski definition) is 4. The van der Waals surface area contributed by atoms with E-state index < -0.39 is 23.2 Å². The van der Waals surface area contributed by atoms with Crippen molar-refractivity contribution in [3.05, 3.63) is 23.3 Å². The number of aliphatic hydroxyl groups excluding tert-OH is 3. The van der Waals surface area contributed by atoms with Crippen molar-refractivity contribution in [3.8, 4) is 0 Å². The molecule has 1 spiro atoms. The molecule has 4 N–H and O–H groups in total. The Kier molecular flexibility index (Phi) is 3.30. The summed E-state index contributed by atoms with van der Waals surface area (Å²) in [5.41, 5.74) is -0.836. The highest BCUT2D eigenvalue weighted by atomic mass is 16.4. The maximum absolute atomic E-state index is 11.6. The van der Waals surface area contributed by atoms with Gasteiger partial charge in [-0.3, -0.25) is 0 Å². The van der Waals surface area contributed by atoms with Gasteiger partial charge in [0.1, 0.15) is 17.8 Å². The van der Waals surface area contributed by atoms with Gasteiger partial charge in [0.05, 0.1) is 6.61 Å². The first kappa shape index (κ1) is 16.8. The van der Waals surface area contributed by atoms with E-state index in [1.54, 1.807) is 0 Å². The van der Waals surface area contributed by atoms with Gasteiger partial charge in [-0.25, -0.2) is 0 Å². The van der Waals surface area contributed by atoms with Crippen LogP contribution in [0.1, 0.15) is 40.5 Å². The van der Waals surface area contributed by atoms with Crippen LogP contribution in [0.3, 0.4) is 0 Å². The summed E-state index contributed by atoms with van der Waals surface area (Å²) in [6, 6.07) is 0. The predicted molar refractivity (Wildman–Crippen MR) is 91.0 cm³/mol. The normalized spacial score (nSPS) is 54.8. The van der Waals surface area contributed by atoms with Crippen LogP contribution in [0.5, 0.6) is 0 Å². The second-order valence-corrected chi connectivity index (χ2v) is 9.42. The molecule has 4 nitrogen and oxygen atoms in total. The Morgan fingerprint density at radius 3 is 2.50 bits per heavy atom. The van der Waals surface area contributed by atoms with E-state index >= 15 is 0 Å². The van der Waals surface area contributed by atoms with E-state index in [0.717, 1.165) is 18.4 Å². The van der Waals surface area contributed by atoms with Gasteiger partial charge in [0, 0.05) is 5.41 Å². The molecule has 0 saturated heterocycles. The molecule has 24 heavy (non-hydrogen) atoms. The summed E-state index contributed by atoms with van der Waals surface area (Å²) >= 11 is 0. The van der Waals surface area contributed by atoms with Crippen LogP contribution < -0.4 is 0 Å². The molecular weight excluding hydrogens is 304 g/mol. The maximum Gasteiger partial charge on any atom is 0.133 e. The monoisotopic (exact) mass is 334 g/mol. The Hall–Kier alpha value is -0.680. The molecule has 0 aromatic carbocycles. The van der Waals surface area contributed by atoms with Crippen LogP contribution in [-0.4, -0.2) is 44.8 Å². The van der Waals surface area contributed by atoms with Crippen molar-refractivity contribution < 1.29 is 20.4 Å². The van der Waals surface area contributed by atoms with Crippen molar-refractivity contribution in [2.45, 2.75) is 58.3 Å². The largest absolute Gasteiger partial charge is 0.392 e. The van der Waals surface area contributed by atoms with E-state index in [-0.39, 0.29) is 23.9 Å². The molecule has 0 amide bonds. The quantitative estimate of drug-likeness (QED) is 0.550. The van der Waals surface area contributed by atoms with Crippen molar-refractivity contribution in [1.29, 1.82) is 0 Å². The van der Waals surface area contributed by atoms with Gasteiger partial charge in [-0.05, 0) is 60.0 Å². The molecule has 0 aliphatic heterocycles. The van der Waals surface area contributed by atoms with Gasteiger partial charge in [-0.15, -0.1) is 0 Å². The molecule has 2 fully saturated rings. The van der Waals surface area contributed by atoms with Gasteiger partial charge < -0.3 is 20.4 Å². The minimum atomic E-state index is -1.65. The van der Waals surface area contributed by atoms with Crippen LogP contribution in [0.25, 0.3) is 0 Å². The lowest BCUT2D eigenvalue weighted by atomic mass is 9.59. The third-order valence-corrected chi connectivity index (χ3v) is 8.12. The highest BCUT2D eigenvalue weighted by molar-refractivity contribution is 5.40. The van der Waals surface area contributed by atoms with Gasteiger partial charge in [0.15, 0.2) is 0 Å². The van der Waals surface area contributed by atoms with E-state index in [1.807, 2.05) is 19.1 Å². The Morgan fingerprint density at radius 2 is 1.88 bits per heavy atom. The van der Waals surface area contributed by atoms with Gasteiger partial charge in [0.25, 0.3) is 0 Å². The lowest BCUT2D eigenvalue weighted by molar-refractivity contribution is -0.186. The number of allylic oxidation sites excluding steroid dienone is 1. The summed E-state index contributed by atoms with van der Waals surface area (Å²) in [7, 11) is 0. The predicted octanol–water partition coefficient (Wildman–Crippen LogP) is 1.64. The molecule has 4 aliphatic rings. The van der Waals surface area contributed by atoms with E-state index in [4.69, 9.17) is 0 Å². The molecule has 2 saturated carbocycles. The highest BCUT2D eigenvalue weighted by Gasteiger charge is 2.71. The van der Waals surface area contributed by atoms with E-state index in [1.165, 1.54) is 0 Å². The molecule has 2 bridgehead atoms. The Labute approximate surface area is 143 Å². The fraction of sp³-hybridized carbons (Fsp3) is 0.800. The molecular formula is C20H30O4. The molecule has 0 radical (unpaired) electrons. The summed E-state index contributed by atoms with van der Waals surface area (Å²) in [5.74, 6) is 1.49. The number of fused-ring (bicyclic) bond motifs is 3. The summed E-state index contributed by atoms with van der Waals surface area (Å²) in [5, 5.41) is 43.2. The van der Waals surface area contributed by atoms with Crippen molar-refractivity contribution in [1.82, 2.24) is 0 Å². The number of hydrogen-bond donors (Lipinski definition) is 4. The van der Waals surface area contributed by atoms with Crippen molar-refractivity contribution in [2.75, 3.05) is 6.61 Å². The van der Waals surface area contributed by atoms with Crippen LogP contribution in [0.2, 0.25) is 0 Å². The molecule has 0 aromatic heterocycles. The molecule has 8 atom stereocenters. The van der Waals surface area contributed by atoms with Crippen LogP contribution >= 0.6 is 0 Å². The Balaban J connectivity index is 1.92. The van der Waals surface area contributed by atoms with Crippen LogP contribution in [-0.2, 0) is 0 Å². The third kappa shape index (κ3) is 1.68. The second-order valence-electron chi connectivity index (χ2n) is 9.42. The molecule has 0 aromatic rings. The van der Waals surface area contributed by atoms with E-state index in [0.29, 0.717) is 17.4 Å². The SMILES string of the molecule is CC1=C[C@]23C[C@@H](C=C(CO)[C@@H](O)[C@]2(O)[C@H]1O)[C@H]1[C@@H](C[C@H]3C)C1(C)C. The Bertz CT molecular complexity index is 636. The van der Waals surface area contributed by atoms with Crippen LogP contribution in [0, 0.1) is 34.5 Å². The minimum Gasteiger partial charge on any atom is -0.392 e. The first-order valence-electron chi connectivity index (χ1n) is 9.20. The van der Waals surface area contributed by atoms with Crippen LogP contribution in [0.15, 0.2) is 23.3 Å². The molecule has 4 aliphatic carbocycles. The lowest BCUT2D eigenvalue weighted by Gasteiger charge is -2.49. The zero-order valence-electron chi connectivity index (χ0n) is 15.0. The topological polar surface area (TPSA) is 80.9 Å². The van der Waals surface area contributed by atoms with E-state index in [2.05, 4.69) is 20.8 Å². The fourth-order valence-electron chi connectivity index (χ4n) is 6.71. The molecule has 4 heteroatoms. The molecule has 134 valence electrons. The average Bonchev–Trinajstić information content (AvgIpc) is 3.06. The van der Waals surface area contributed by atoms with Crippen LogP contribution in [0.4, 0.5) is 0 Å². The van der Waals surface area contributed by atoms with Gasteiger partial charge >= 0.3 is 0 Å². The average molecular weight is 334 g/mol. The fourth-order valence-corrected chi connectivity index (χ4v) is 6.71. The lowest BCUT2D eigenvalue weighted by Crippen LogP contribution is -2.62. The first-order chi connectivity index (χ1) is 11.1. The number of aliphatic hydroxyl groups is 4. The zero-order valence-corrected chi connectivity index (χ0v) is 15.0. The minimum absolute atomic E-state index is 0.162. The van der Waals surface area contributed by atoms with Crippen molar-refractivity contribution in [2.24, 2.45) is 34.5 Å². The summed E-state index contributed by atoms with van der Waals surface area (Å²) in [4.78, 5) is 0. The molecule has 4 rings (SSSR count). The second kappa shape index (κ2) is 4.73. The summed E-state index contributed by atoms with van der Waals surface area (Å²) < 4.78 is 0. The first-order valence-corrected chi connectivity index (χ1v) is 9.20. The van der Waals surface area contributed by atoms with Gasteiger partial charge in [0.2, 0.25) is 0 Å². The van der Waals surface area contributed by atoms with E-state index in [9.17, 15) is 20.4 Å². The number of rotatable bonds is 1. The Morgan fingerprint density at radius 1 is 1.21 bits per heavy atom. The standard InChI is InChI=1S/C20H30O4/c1-10-7-19-8-12(15-14(5-11(19)2)18(15,3)4)6-13(9-21)17(23)20(19,24)16(10)22/h6-7,11-12,14-17,21-24H,5,8-9H2,1-4H3/t11-,12-,14-,15+,16+,17-,19-,20-/m1/s1. The van der Waals surface area contributed by atoms with Gasteiger partial charge in [-0.2, -0.15) is 0 Å².